The van der Waals surface area contributed by atoms with Gasteiger partial charge in [-0.15, -0.1) is 11.6 Å². The first-order valence-electron chi connectivity index (χ1n) is 5.90. The highest BCUT2D eigenvalue weighted by Gasteiger charge is 2.27. The van der Waals surface area contributed by atoms with Crippen molar-refractivity contribution in [2.45, 2.75) is 18.9 Å². The molecule has 1 aromatic rings. The second-order valence-electron chi connectivity index (χ2n) is 4.23. The standard InChI is InChI=1S/C12H16ClNO3S/c13-7-3-4-8-18(15,16)14-11-9-17-12-6-2-1-5-10(11)12/h1-2,5-6,11,14H,3-4,7-9H2. The summed E-state index contributed by atoms with van der Waals surface area (Å²) in [5.41, 5.74) is 0.901. The molecule has 1 atom stereocenters. The van der Waals surface area contributed by atoms with E-state index in [0.717, 1.165) is 11.3 Å². The molecule has 100 valence electrons. The van der Waals surface area contributed by atoms with Crippen LogP contribution >= 0.6 is 11.6 Å². The van der Waals surface area contributed by atoms with Crippen LogP contribution in [0.3, 0.4) is 0 Å². The largest absolute Gasteiger partial charge is 0.491 e. The predicted molar refractivity (Wildman–Crippen MR) is 71.6 cm³/mol. The maximum absolute atomic E-state index is 11.9. The molecule has 0 aromatic heterocycles. The van der Waals surface area contributed by atoms with Crippen molar-refractivity contribution in [3.05, 3.63) is 29.8 Å². The third-order valence-electron chi connectivity index (χ3n) is 2.82. The molecule has 0 amide bonds. The molecule has 1 heterocycles. The molecule has 0 saturated carbocycles. The molecule has 1 N–H and O–H groups in total. The average molecular weight is 290 g/mol. The van der Waals surface area contributed by atoms with Crippen LogP contribution in [0.25, 0.3) is 0 Å². The molecule has 6 heteroatoms. The van der Waals surface area contributed by atoms with Crippen molar-refractivity contribution >= 4 is 21.6 Å². The number of benzene rings is 1. The zero-order chi connectivity index (χ0) is 13.0. The van der Waals surface area contributed by atoms with Gasteiger partial charge in [-0.3, -0.25) is 0 Å². The van der Waals surface area contributed by atoms with Crippen molar-refractivity contribution in [2.24, 2.45) is 0 Å². The monoisotopic (exact) mass is 289 g/mol. The quantitative estimate of drug-likeness (QED) is 0.644. The fraction of sp³-hybridized carbons (Fsp3) is 0.500. The van der Waals surface area contributed by atoms with Gasteiger partial charge in [0.25, 0.3) is 0 Å². The van der Waals surface area contributed by atoms with E-state index < -0.39 is 10.0 Å². The first-order valence-corrected chi connectivity index (χ1v) is 8.09. The van der Waals surface area contributed by atoms with Crippen LogP contribution in [0, 0.1) is 0 Å². The minimum absolute atomic E-state index is 0.110. The molecular weight excluding hydrogens is 274 g/mol. The molecule has 1 aromatic carbocycles. The molecule has 1 unspecified atom stereocenters. The Kier molecular flexibility index (Phi) is 4.48. The fourth-order valence-electron chi connectivity index (χ4n) is 1.92. The SMILES string of the molecule is O=S(=O)(CCCCCl)NC1COc2ccccc21. The normalized spacial score (nSPS) is 18.4. The number of ether oxygens (including phenoxy) is 1. The maximum atomic E-state index is 11.9. The average Bonchev–Trinajstić information content (AvgIpc) is 2.72. The van der Waals surface area contributed by atoms with Crippen LogP contribution in [0.4, 0.5) is 0 Å². The van der Waals surface area contributed by atoms with Crippen LogP contribution < -0.4 is 9.46 Å². The second kappa shape index (κ2) is 5.91. The summed E-state index contributed by atoms with van der Waals surface area (Å²) in [4.78, 5) is 0. The summed E-state index contributed by atoms with van der Waals surface area (Å²) >= 11 is 5.53. The van der Waals surface area contributed by atoms with Crippen LogP contribution in [-0.2, 0) is 10.0 Å². The van der Waals surface area contributed by atoms with Gasteiger partial charge in [0.1, 0.15) is 12.4 Å². The van der Waals surface area contributed by atoms with E-state index >= 15 is 0 Å². The summed E-state index contributed by atoms with van der Waals surface area (Å²) in [6.07, 6.45) is 1.29. The van der Waals surface area contributed by atoms with Crippen LogP contribution in [0.15, 0.2) is 24.3 Å². The molecule has 0 saturated heterocycles. The van der Waals surface area contributed by atoms with E-state index in [1.54, 1.807) is 0 Å². The van der Waals surface area contributed by atoms with Gasteiger partial charge >= 0.3 is 0 Å². The highest BCUT2D eigenvalue weighted by molar-refractivity contribution is 7.89. The lowest BCUT2D eigenvalue weighted by Crippen LogP contribution is -2.31. The number of rotatable bonds is 6. The predicted octanol–water partition coefficient (Wildman–Crippen LogP) is 2.06. The van der Waals surface area contributed by atoms with Gasteiger partial charge in [0, 0.05) is 11.4 Å². The first kappa shape index (κ1) is 13.6. The second-order valence-corrected chi connectivity index (χ2v) is 6.49. The van der Waals surface area contributed by atoms with E-state index in [2.05, 4.69) is 4.72 Å². The van der Waals surface area contributed by atoms with E-state index in [1.165, 1.54) is 0 Å². The van der Waals surface area contributed by atoms with Gasteiger partial charge < -0.3 is 4.74 Å². The Morgan fingerprint density at radius 1 is 1.33 bits per heavy atom. The van der Waals surface area contributed by atoms with Gasteiger partial charge in [0.15, 0.2) is 0 Å². The van der Waals surface area contributed by atoms with Gasteiger partial charge in [-0.25, -0.2) is 13.1 Å². The van der Waals surface area contributed by atoms with E-state index in [-0.39, 0.29) is 11.8 Å². The Hall–Kier alpha value is -0.780. The zero-order valence-corrected chi connectivity index (χ0v) is 11.5. The van der Waals surface area contributed by atoms with Crippen LogP contribution in [-0.4, -0.2) is 26.7 Å². The number of fused-ring (bicyclic) bond motifs is 1. The molecule has 18 heavy (non-hydrogen) atoms. The van der Waals surface area contributed by atoms with Crippen molar-refractivity contribution in [2.75, 3.05) is 18.2 Å². The smallest absolute Gasteiger partial charge is 0.212 e. The third-order valence-corrected chi connectivity index (χ3v) is 4.56. The molecule has 1 aliphatic rings. The van der Waals surface area contributed by atoms with Crippen LogP contribution in [0.5, 0.6) is 5.75 Å². The lowest BCUT2D eigenvalue weighted by Gasteiger charge is -2.11. The number of unbranched alkanes of at least 4 members (excludes halogenated alkanes) is 1. The van der Waals surface area contributed by atoms with E-state index in [0.29, 0.717) is 25.3 Å². The minimum Gasteiger partial charge on any atom is -0.491 e. The number of hydrogen-bond acceptors (Lipinski definition) is 3. The summed E-state index contributed by atoms with van der Waals surface area (Å²) in [7, 11) is -3.27. The molecule has 0 spiro atoms. The number of nitrogens with one attached hydrogen (secondary N) is 1. The molecule has 0 bridgehead atoms. The number of halogens is 1. The third kappa shape index (κ3) is 3.37. The minimum atomic E-state index is -3.27. The lowest BCUT2D eigenvalue weighted by molar-refractivity contribution is 0.325. The Labute approximate surface area is 112 Å². The van der Waals surface area contributed by atoms with Crippen molar-refractivity contribution < 1.29 is 13.2 Å². The summed E-state index contributed by atoms with van der Waals surface area (Å²) in [5, 5.41) is 0. The number of para-hydroxylation sites is 1. The lowest BCUT2D eigenvalue weighted by atomic mass is 10.1. The highest BCUT2D eigenvalue weighted by Crippen LogP contribution is 2.32. The fourth-order valence-corrected chi connectivity index (χ4v) is 3.44. The summed E-state index contributed by atoms with van der Waals surface area (Å²) in [6, 6.07) is 7.20. The maximum Gasteiger partial charge on any atom is 0.212 e. The Morgan fingerprint density at radius 3 is 2.89 bits per heavy atom. The zero-order valence-electron chi connectivity index (χ0n) is 9.93. The van der Waals surface area contributed by atoms with E-state index in [1.807, 2.05) is 24.3 Å². The molecule has 0 aliphatic carbocycles. The topological polar surface area (TPSA) is 55.4 Å². The molecule has 0 fully saturated rings. The highest BCUT2D eigenvalue weighted by atomic mass is 35.5. The van der Waals surface area contributed by atoms with Crippen molar-refractivity contribution in [1.82, 2.24) is 4.72 Å². The Morgan fingerprint density at radius 2 is 2.11 bits per heavy atom. The van der Waals surface area contributed by atoms with Crippen molar-refractivity contribution in [1.29, 1.82) is 0 Å². The molecule has 0 radical (unpaired) electrons. The molecule has 1 aliphatic heterocycles. The number of hydrogen-bond donors (Lipinski definition) is 1. The number of alkyl halides is 1. The van der Waals surface area contributed by atoms with E-state index in [4.69, 9.17) is 16.3 Å². The van der Waals surface area contributed by atoms with Crippen molar-refractivity contribution in [3.8, 4) is 5.75 Å². The molecular formula is C12H16ClNO3S. The Balaban J connectivity index is 1.99. The van der Waals surface area contributed by atoms with Crippen molar-refractivity contribution in [3.63, 3.8) is 0 Å². The summed E-state index contributed by atoms with van der Waals surface area (Å²) < 4.78 is 31.8. The van der Waals surface area contributed by atoms with Crippen LogP contribution in [0.1, 0.15) is 24.4 Å². The Bertz CT molecular complexity index is 504. The number of sulfonamides is 1. The molecule has 4 nitrogen and oxygen atoms in total. The first-order chi connectivity index (χ1) is 8.62. The summed E-state index contributed by atoms with van der Waals surface area (Å²) in [5.74, 6) is 1.36. The molecule has 2 rings (SSSR count). The van der Waals surface area contributed by atoms with Crippen LogP contribution in [0.2, 0.25) is 0 Å². The summed E-state index contributed by atoms with van der Waals surface area (Å²) in [6.45, 7) is 0.355. The van der Waals surface area contributed by atoms with Gasteiger partial charge in [-0.05, 0) is 18.9 Å². The van der Waals surface area contributed by atoms with Gasteiger partial charge in [0.2, 0.25) is 10.0 Å². The van der Waals surface area contributed by atoms with Gasteiger partial charge in [-0.2, -0.15) is 0 Å². The van der Waals surface area contributed by atoms with E-state index in [9.17, 15) is 8.42 Å². The van der Waals surface area contributed by atoms with Gasteiger partial charge in [-0.1, -0.05) is 18.2 Å². The van der Waals surface area contributed by atoms with Gasteiger partial charge in [0.05, 0.1) is 11.8 Å².